The Labute approximate surface area is 135 Å². The molecule has 0 saturated heterocycles. The molecule has 0 aliphatic carbocycles. The van der Waals surface area contributed by atoms with E-state index in [1.165, 1.54) is 6.92 Å². The van der Waals surface area contributed by atoms with E-state index in [0.29, 0.717) is 12.3 Å². The lowest BCUT2D eigenvalue weighted by Crippen LogP contribution is -2.40. The molecular formula is C14H23NO3Si3. The molecule has 0 bridgehead atoms. The number of carbonyl (C=O) groups is 1. The Hall–Kier alpha value is -0.609. The topological polar surface area (TPSA) is 48.4 Å². The fraction of sp³-hybridized carbons (Fsp3) is 0.571. The van der Waals surface area contributed by atoms with E-state index >= 15 is 0 Å². The van der Waals surface area contributed by atoms with Crippen molar-refractivity contribution in [1.29, 1.82) is 0 Å². The summed E-state index contributed by atoms with van der Waals surface area (Å²) in [6, 6.07) is 5.49. The fourth-order valence-electron chi connectivity index (χ4n) is 1.23. The van der Waals surface area contributed by atoms with Gasteiger partial charge < -0.3 is 8.54 Å². The van der Waals surface area contributed by atoms with Gasteiger partial charge in [-0.05, 0) is 30.3 Å². The maximum atomic E-state index is 11.3. The zero-order chi connectivity index (χ0) is 16.7. The first-order valence-electron chi connectivity index (χ1n) is 6.65. The molecule has 7 heteroatoms. The maximum Gasteiger partial charge on any atom is 0.229 e. The summed E-state index contributed by atoms with van der Waals surface area (Å²) in [5, 5.41) is 0.186. The molecule has 0 aliphatic heterocycles. The van der Waals surface area contributed by atoms with Gasteiger partial charge in [-0.2, -0.15) is 0 Å². The van der Waals surface area contributed by atoms with Crippen molar-refractivity contribution in [3.63, 3.8) is 0 Å². The number of hydrogen-bond acceptors (Lipinski definition) is 4. The van der Waals surface area contributed by atoms with Crippen molar-refractivity contribution >= 4 is 35.1 Å². The van der Waals surface area contributed by atoms with Crippen molar-refractivity contribution < 1.29 is 13.3 Å². The van der Waals surface area contributed by atoms with Crippen LogP contribution in [0.1, 0.15) is 43.9 Å². The summed E-state index contributed by atoms with van der Waals surface area (Å²) < 4.78 is 9.94. The van der Waals surface area contributed by atoms with Gasteiger partial charge in [-0.15, -0.1) is 0 Å². The summed E-state index contributed by atoms with van der Waals surface area (Å²) in [6.45, 7) is 13.1. The smallest absolute Gasteiger partial charge is 0.229 e. The Balaban J connectivity index is 0.00000122. The Kier molecular flexibility index (Phi) is 8.49. The fourth-order valence-corrected chi connectivity index (χ4v) is 2.17. The van der Waals surface area contributed by atoms with E-state index < -0.39 is 8.32 Å². The van der Waals surface area contributed by atoms with Crippen LogP contribution in [0.3, 0.4) is 0 Å². The maximum absolute atomic E-state index is 11.3. The first-order chi connectivity index (χ1) is 9.55. The minimum atomic E-state index is -1.76. The molecule has 1 heterocycles. The third-order valence-corrected chi connectivity index (χ3v) is 8.03. The number of pyridine rings is 1. The van der Waals surface area contributed by atoms with Crippen LogP contribution in [0, 0.1) is 0 Å². The van der Waals surface area contributed by atoms with Gasteiger partial charge in [-0.1, -0.05) is 26.8 Å². The van der Waals surface area contributed by atoms with Crippen molar-refractivity contribution in [1.82, 2.24) is 4.98 Å². The van der Waals surface area contributed by atoms with Gasteiger partial charge in [0.05, 0.1) is 12.3 Å². The molecule has 1 aromatic rings. The monoisotopic (exact) mass is 337 g/mol. The molecule has 21 heavy (non-hydrogen) atoms. The molecular weight excluding hydrogens is 314 g/mol. The Morgan fingerprint density at radius 3 is 2.24 bits per heavy atom. The van der Waals surface area contributed by atoms with Gasteiger partial charge >= 0.3 is 0 Å². The van der Waals surface area contributed by atoms with Crippen LogP contribution >= 0.6 is 0 Å². The highest BCUT2D eigenvalue weighted by Gasteiger charge is 2.37. The van der Waals surface area contributed by atoms with Crippen molar-refractivity contribution in [2.24, 2.45) is 0 Å². The van der Waals surface area contributed by atoms with Gasteiger partial charge in [-0.3, -0.25) is 4.79 Å². The van der Waals surface area contributed by atoms with E-state index in [-0.39, 0.29) is 10.8 Å². The second-order valence-electron chi connectivity index (χ2n) is 6.22. The van der Waals surface area contributed by atoms with E-state index in [9.17, 15) is 4.79 Å². The molecule has 0 saturated carbocycles. The zero-order valence-corrected chi connectivity index (χ0v) is 16.6. The molecule has 0 aliphatic rings. The SMILES string of the molecule is CC(=O)c1cccc(CO[Si](C)(C)C(C)(C)C)n1.[Si]O[Si]. The van der Waals surface area contributed by atoms with Crippen LogP contribution in [0.5, 0.6) is 0 Å². The lowest BCUT2D eigenvalue weighted by molar-refractivity contribution is 0.101. The molecule has 6 radical (unpaired) electrons. The third kappa shape index (κ3) is 7.28. The van der Waals surface area contributed by atoms with Crippen molar-refractivity contribution in [3.8, 4) is 0 Å². The lowest BCUT2D eigenvalue weighted by Gasteiger charge is -2.36. The number of carbonyl (C=O) groups excluding carboxylic acids is 1. The minimum absolute atomic E-state index is 0.0100. The standard InChI is InChI=1S/C14H23NO2Si.OSi2/c1-11(16)13-9-7-8-12(15-13)10-17-18(5,6)14(2,3)4;2-1-3/h7-9H,10H2,1-6H3;. The summed E-state index contributed by atoms with van der Waals surface area (Å²) in [4.78, 5) is 15.6. The van der Waals surface area contributed by atoms with Crippen molar-refractivity contribution in [2.75, 3.05) is 0 Å². The number of aromatic nitrogens is 1. The number of Topliss-reactive ketones (excluding diaryl/α,β-unsaturated/α-hetero) is 1. The zero-order valence-electron chi connectivity index (χ0n) is 13.6. The molecule has 1 rings (SSSR count). The van der Waals surface area contributed by atoms with Crippen LogP contribution < -0.4 is 0 Å². The minimum Gasteiger partial charge on any atom is -0.458 e. The summed E-state index contributed by atoms with van der Waals surface area (Å²) in [5.41, 5.74) is 1.33. The van der Waals surface area contributed by atoms with Crippen LogP contribution in [-0.2, 0) is 15.1 Å². The predicted octanol–water partition coefficient (Wildman–Crippen LogP) is 2.98. The number of ketones is 1. The number of hydrogen-bond donors (Lipinski definition) is 0. The predicted molar refractivity (Wildman–Crippen MR) is 88.8 cm³/mol. The molecule has 4 nitrogen and oxygen atoms in total. The molecule has 0 spiro atoms. The van der Waals surface area contributed by atoms with Gasteiger partial charge in [0.15, 0.2) is 14.1 Å². The molecule has 0 fully saturated rings. The van der Waals surface area contributed by atoms with Crippen LogP contribution in [0.15, 0.2) is 18.2 Å². The molecule has 114 valence electrons. The lowest BCUT2D eigenvalue weighted by atomic mass is 10.2. The first kappa shape index (κ1) is 20.4. The van der Waals surface area contributed by atoms with Crippen LogP contribution in [-0.4, -0.2) is 40.1 Å². The third-order valence-electron chi connectivity index (χ3n) is 3.55. The Bertz CT molecular complexity index is 459. The van der Waals surface area contributed by atoms with Gasteiger partial charge in [0.1, 0.15) is 5.69 Å². The molecule has 0 N–H and O–H groups in total. The molecule has 0 aromatic carbocycles. The van der Waals surface area contributed by atoms with Gasteiger partial charge in [-0.25, -0.2) is 4.98 Å². The Morgan fingerprint density at radius 1 is 1.29 bits per heavy atom. The van der Waals surface area contributed by atoms with Gasteiger partial charge in [0, 0.05) is 6.92 Å². The normalized spacial score (nSPS) is 11.6. The largest absolute Gasteiger partial charge is 0.458 e. The highest BCUT2D eigenvalue weighted by Crippen LogP contribution is 2.36. The van der Waals surface area contributed by atoms with Crippen molar-refractivity contribution in [3.05, 3.63) is 29.6 Å². The quantitative estimate of drug-likeness (QED) is 0.626. The van der Waals surface area contributed by atoms with E-state index in [0.717, 1.165) is 5.69 Å². The van der Waals surface area contributed by atoms with Crippen LogP contribution in [0.25, 0.3) is 0 Å². The van der Waals surface area contributed by atoms with Crippen LogP contribution in [0.2, 0.25) is 18.1 Å². The highest BCUT2D eigenvalue weighted by molar-refractivity contribution is 6.74. The first-order valence-corrected chi connectivity index (χ1v) is 10.4. The average Bonchev–Trinajstić information content (AvgIpc) is 2.36. The van der Waals surface area contributed by atoms with E-state index in [2.05, 4.69) is 63.9 Å². The second-order valence-corrected chi connectivity index (χ2v) is 11.8. The van der Waals surface area contributed by atoms with Crippen LogP contribution in [0.4, 0.5) is 0 Å². The molecule has 0 amide bonds. The summed E-state index contributed by atoms with van der Waals surface area (Å²) in [5.74, 6) is -0.0100. The van der Waals surface area contributed by atoms with Gasteiger partial charge in [0.25, 0.3) is 0 Å². The molecule has 0 atom stereocenters. The summed E-state index contributed by atoms with van der Waals surface area (Å²) in [7, 11) is 3.44. The molecule has 1 aromatic heterocycles. The summed E-state index contributed by atoms with van der Waals surface area (Å²) >= 11 is 0. The van der Waals surface area contributed by atoms with E-state index in [4.69, 9.17) is 4.43 Å². The highest BCUT2D eigenvalue weighted by atomic mass is 28.4. The summed E-state index contributed by atoms with van der Waals surface area (Å²) in [6.07, 6.45) is 0. The average molecular weight is 338 g/mol. The van der Waals surface area contributed by atoms with Crippen molar-refractivity contribution in [2.45, 2.75) is 52.4 Å². The molecule has 0 unspecified atom stereocenters. The van der Waals surface area contributed by atoms with E-state index in [1.807, 2.05) is 12.1 Å². The number of rotatable bonds is 4. The van der Waals surface area contributed by atoms with E-state index in [1.54, 1.807) is 6.07 Å². The number of nitrogens with zero attached hydrogens (tertiary/aromatic N) is 1. The van der Waals surface area contributed by atoms with Gasteiger partial charge in [0.2, 0.25) is 21.0 Å². The second kappa shape index (κ2) is 8.74. The Morgan fingerprint density at radius 2 is 1.81 bits per heavy atom.